The number of nitrogens with zero attached hydrogens (tertiary/aromatic N) is 5. The molecule has 0 bridgehead atoms. The van der Waals surface area contributed by atoms with Gasteiger partial charge in [0.2, 0.25) is 11.8 Å². The number of pyridine rings is 1. The average molecular weight is 599 g/mol. The van der Waals surface area contributed by atoms with E-state index in [1.807, 2.05) is 22.9 Å². The van der Waals surface area contributed by atoms with Crippen LogP contribution in [0.25, 0.3) is 0 Å². The van der Waals surface area contributed by atoms with Crippen LogP contribution in [0.5, 0.6) is 5.88 Å². The normalized spacial score (nSPS) is 17.2. The molecular formula is C23H27F6N5O7. The van der Waals surface area contributed by atoms with Gasteiger partial charge in [0.1, 0.15) is 0 Å². The van der Waals surface area contributed by atoms with Crippen molar-refractivity contribution in [3.05, 3.63) is 41.9 Å². The molecule has 2 aliphatic rings. The van der Waals surface area contributed by atoms with Crippen LogP contribution in [-0.4, -0.2) is 91.9 Å². The van der Waals surface area contributed by atoms with E-state index in [1.54, 1.807) is 19.5 Å². The molecule has 0 radical (unpaired) electrons. The number of carboxylic acid groups (broad SMARTS) is 2. The van der Waals surface area contributed by atoms with Crippen molar-refractivity contribution in [1.82, 2.24) is 24.7 Å². The zero-order valence-corrected chi connectivity index (χ0v) is 21.6. The molecule has 1 fully saturated rings. The van der Waals surface area contributed by atoms with Crippen molar-refractivity contribution in [2.24, 2.45) is 0 Å². The number of carboxylic acids is 2. The molecular weight excluding hydrogens is 572 g/mol. The molecule has 0 aliphatic carbocycles. The van der Waals surface area contributed by atoms with E-state index in [4.69, 9.17) is 29.4 Å². The van der Waals surface area contributed by atoms with Crippen LogP contribution < -0.4 is 4.74 Å². The summed E-state index contributed by atoms with van der Waals surface area (Å²) in [5.74, 6) is -4.84. The van der Waals surface area contributed by atoms with Gasteiger partial charge < -0.3 is 14.9 Å². The van der Waals surface area contributed by atoms with Crippen molar-refractivity contribution >= 4 is 17.8 Å². The molecule has 2 aromatic rings. The number of halogens is 6. The lowest BCUT2D eigenvalue weighted by molar-refractivity contribution is -0.198. The Morgan fingerprint density at radius 3 is 2.22 bits per heavy atom. The number of aliphatic carboxylic acids is 2. The second-order valence-corrected chi connectivity index (χ2v) is 8.61. The van der Waals surface area contributed by atoms with Gasteiger partial charge >= 0.3 is 24.3 Å². The van der Waals surface area contributed by atoms with Crippen LogP contribution in [0, 0.1) is 0 Å². The van der Waals surface area contributed by atoms with E-state index in [2.05, 4.69) is 15.0 Å². The average Bonchev–Trinajstić information content (AvgIpc) is 3.38. The molecule has 0 spiro atoms. The third-order valence-electron chi connectivity index (χ3n) is 5.57. The Balaban J connectivity index is 0.000000349. The first kappa shape index (κ1) is 33.3. The molecule has 1 saturated heterocycles. The molecule has 1 atom stereocenters. The topological polar surface area (TPSA) is 147 Å². The van der Waals surface area contributed by atoms with Crippen LogP contribution in [0.3, 0.4) is 0 Å². The van der Waals surface area contributed by atoms with Gasteiger partial charge in [0.15, 0.2) is 0 Å². The Morgan fingerprint density at radius 1 is 1.05 bits per heavy atom. The van der Waals surface area contributed by atoms with E-state index in [1.165, 1.54) is 5.06 Å². The molecule has 2 N–H and O–H groups in total. The summed E-state index contributed by atoms with van der Waals surface area (Å²) < 4.78 is 70.8. The highest BCUT2D eigenvalue weighted by atomic mass is 19.4. The lowest BCUT2D eigenvalue weighted by Gasteiger charge is -2.35. The Labute approximate surface area is 229 Å². The molecule has 41 heavy (non-hydrogen) atoms. The molecule has 228 valence electrons. The van der Waals surface area contributed by atoms with Crippen molar-refractivity contribution in [3.8, 4) is 5.88 Å². The van der Waals surface area contributed by atoms with Crippen molar-refractivity contribution in [2.45, 2.75) is 50.7 Å². The number of ether oxygens (including phenoxy) is 1. The molecule has 12 nitrogen and oxygen atoms in total. The molecule has 0 aromatic carbocycles. The van der Waals surface area contributed by atoms with Crippen molar-refractivity contribution in [2.75, 3.05) is 26.8 Å². The number of hydrogen-bond acceptors (Lipinski definition) is 8. The van der Waals surface area contributed by atoms with Crippen LogP contribution in [0.15, 0.2) is 30.6 Å². The summed E-state index contributed by atoms with van der Waals surface area (Å²) >= 11 is 0. The number of carbonyl (C=O) groups is 3. The van der Waals surface area contributed by atoms with E-state index >= 15 is 0 Å². The molecule has 4 heterocycles. The first-order chi connectivity index (χ1) is 19.1. The molecule has 0 saturated carbocycles. The maximum absolute atomic E-state index is 12.7. The Kier molecular flexibility index (Phi) is 11.9. The van der Waals surface area contributed by atoms with Crippen LogP contribution in [0.2, 0.25) is 0 Å². The highest BCUT2D eigenvalue weighted by Gasteiger charge is 2.39. The van der Waals surface area contributed by atoms with E-state index in [9.17, 15) is 31.1 Å². The van der Waals surface area contributed by atoms with Gasteiger partial charge in [-0.3, -0.25) is 19.2 Å². The quantitative estimate of drug-likeness (QED) is 0.492. The molecule has 4 rings (SSSR count). The van der Waals surface area contributed by atoms with Gasteiger partial charge in [0.05, 0.1) is 31.9 Å². The minimum absolute atomic E-state index is 0.00978. The van der Waals surface area contributed by atoms with E-state index < -0.39 is 24.3 Å². The van der Waals surface area contributed by atoms with Crippen LogP contribution in [0.1, 0.15) is 36.6 Å². The fourth-order valence-corrected chi connectivity index (χ4v) is 3.80. The van der Waals surface area contributed by atoms with Crippen molar-refractivity contribution < 1.29 is 60.5 Å². The summed E-state index contributed by atoms with van der Waals surface area (Å²) in [6.45, 7) is 3.53. The fourth-order valence-electron chi connectivity index (χ4n) is 3.80. The predicted octanol–water partition coefficient (Wildman–Crippen LogP) is 3.05. The smallest absolute Gasteiger partial charge is 0.481 e. The third kappa shape index (κ3) is 10.5. The van der Waals surface area contributed by atoms with Crippen molar-refractivity contribution in [1.29, 1.82) is 0 Å². The number of aromatic nitrogens is 3. The minimum atomic E-state index is -5.08. The second kappa shape index (κ2) is 14.6. The largest absolute Gasteiger partial charge is 0.490 e. The highest BCUT2D eigenvalue weighted by molar-refractivity contribution is 5.75. The summed E-state index contributed by atoms with van der Waals surface area (Å²) in [6.07, 6.45) is -4.24. The van der Waals surface area contributed by atoms with Gasteiger partial charge in [0.25, 0.3) is 0 Å². The van der Waals surface area contributed by atoms with E-state index in [-0.39, 0.29) is 11.9 Å². The van der Waals surface area contributed by atoms with Crippen LogP contribution in [-0.2, 0) is 32.3 Å². The van der Waals surface area contributed by atoms with Gasteiger partial charge in [-0.1, -0.05) is 6.07 Å². The molecule has 1 amide bonds. The first-order valence-electron chi connectivity index (χ1n) is 11.9. The predicted molar refractivity (Wildman–Crippen MR) is 125 cm³/mol. The SMILES string of the molecule is COc1ncccc1CN1Cc2ccnn2C(CC(=O)N2CCCCO2)C1.O=C(O)C(F)(F)F.O=C(O)C(F)(F)F. The number of carbonyl (C=O) groups excluding carboxylic acids is 1. The number of methoxy groups -OCH3 is 1. The van der Waals surface area contributed by atoms with Crippen LogP contribution >= 0.6 is 0 Å². The number of alkyl halides is 6. The van der Waals surface area contributed by atoms with Gasteiger partial charge in [0, 0.05) is 44.1 Å². The summed E-state index contributed by atoms with van der Waals surface area (Å²) in [5.41, 5.74) is 2.15. The summed E-state index contributed by atoms with van der Waals surface area (Å²) in [4.78, 5) is 42.6. The number of rotatable bonds is 5. The lowest BCUT2D eigenvalue weighted by atomic mass is 10.1. The van der Waals surface area contributed by atoms with Gasteiger partial charge in [-0.2, -0.15) is 31.4 Å². The summed E-state index contributed by atoms with van der Waals surface area (Å²) in [6, 6.07) is 5.95. The third-order valence-corrected chi connectivity index (χ3v) is 5.57. The Morgan fingerprint density at radius 2 is 1.68 bits per heavy atom. The van der Waals surface area contributed by atoms with Gasteiger partial charge in [-0.15, -0.1) is 0 Å². The summed E-state index contributed by atoms with van der Waals surface area (Å²) in [5, 5.41) is 20.2. The first-order valence-corrected chi connectivity index (χ1v) is 11.9. The maximum atomic E-state index is 12.7. The fraction of sp³-hybridized carbons (Fsp3) is 0.522. The Hall–Kier alpha value is -3.93. The monoisotopic (exact) mass is 599 g/mol. The van der Waals surface area contributed by atoms with Gasteiger partial charge in [-0.25, -0.2) is 19.6 Å². The molecule has 18 heteroatoms. The van der Waals surface area contributed by atoms with Crippen molar-refractivity contribution in [3.63, 3.8) is 0 Å². The zero-order valence-electron chi connectivity index (χ0n) is 21.6. The number of hydroxylamine groups is 2. The number of fused-ring (bicyclic) bond motifs is 1. The molecule has 2 aromatic heterocycles. The zero-order chi connectivity index (χ0) is 30.8. The Bertz CT molecular complexity index is 1140. The lowest BCUT2D eigenvalue weighted by Crippen LogP contribution is -2.42. The van der Waals surface area contributed by atoms with Gasteiger partial charge in [-0.05, 0) is 25.0 Å². The molecule has 2 aliphatic heterocycles. The van der Waals surface area contributed by atoms with Crippen LogP contribution in [0.4, 0.5) is 26.3 Å². The maximum Gasteiger partial charge on any atom is 0.490 e. The number of hydrogen-bond donors (Lipinski definition) is 2. The minimum Gasteiger partial charge on any atom is -0.481 e. The standard InChI is InChI=1S/C19H25N5O3.2C2HF3O2/c1-26-19-15(5-4-7-20-19)12-22-13-16-6-8-21-24(16)17(14-22)11-18(25)23-9-2-3-10-27-23;2*3-2(4,5)1(6)7/h4-8,17H,2-3,9-14H2,1H3;2*(H,6,7). The van der Waals surface area contributed by atoms with E-state index in [0.717, 1.165) is 37.2 Å². The molecule has 1 unspecified atom stereocenters. The summed E-state index contributed by atoms with van der Waals surface area (Å²) in [7, 11) is 1.64. The number of amides is 1. The van der Waals surface area contributed by atoms with E-state index in [0.29, 0.717) is 32.0 Å². The second-order valence-electron chi connectivity index (χ2n) is 8.61. The highest BCUT2D eigenvalue weighted by Crippen LogP contribution is 2.27.